The van der Waals surface area contributed by atoms with Crippen LogP contribution in [0.4, 0.5) is 0 Å². The molecule has 0 bridgehead atoms. The number of fused-ring (bicyclic) bond motifs is 7. The van der Waals surface area contributed by atoms with Crippen molar-refractivity contribution in [1.82, 2.24) is 10.3 Å². The molecule has 0 radical (unpaired) electrons. The summed E-state index contributed by atoms with van der Waals surface area (Å²) >= 11 is 0. The van der Waals surface area contributed by atoms with Crippen molar-refractivity contribution in [3.8, 4) is 0 Å². The maximum absolute atomic E-state index is 14.0. The number of hydrogen-bond acceptors (Lipinski definition) is 7. The predicted octanol–water partition coefficient (Wildman–Crippen LogP) is 7.93. The van der Waals surface area contributed by atoms with Crippen molar-refractivity contribution in [2.75, 3.05) is 6.54 Å². The third-order valence-corrected chi connectivity index (χ3v) is 15.9. The molecule has 0 aliphatic heterocycles. The smallest absolute Gasteiger partial charge is 0.309 e. The van der Waals surface area contributed by atoms with E-state index in [0.717, 1.165) is 62.6 Å². The third kappa shape index (κ3) is 5.93. The lowest BCUT2D eigenvalue weighted by Crippen LogP contribution is -2.66. The van der Waals surface area contributed by atoms with E-state index in [2.05, 4.69) is 58.8 Å². The molecule has 0 amide bonds. The summed E-state index contributed by atoms with van der Waals surface area (Å²) in [6, 6.07) is 5.87. The van der Waals surface area contributed by atoms with Crippen LogP contribution >= 0.6 is 0 Å². The zero-order valence-corrected chi connectivity index (χ0v) is 32.7. The van der Waals surface area contributed by atoms with Crippen molar-refractivity contribution in [2.24, 2.45) is 56.2 Å². The molecule has 51 heavy (non-hydrogen) atoms. The fraction of sp³-hybridized carbons (Fsp3) is 0.767. The van der Waals surface area contributed by atoms with Crippen LogP contribution in [0.3, 0.4) is 0 Å². The summed E-state index contributed by atoms with van der Waals surface area (Å²) in [5.41, 5.74) is 1.40. The van der Waals surface area contributed by atoms with Gasteiger partial charge in [0.05, 0.1) is 23.6 Å². The standard InChI is InChI=1S/C43H64N2O6/c1-26(2)35-29(46)22-43(32(47)25-44-24-27-12-10-11-21-45-27)20-19-41(8)28(36(35)43)13-14-31-40(7)17-16-33(51-34(48)23-38(3,4)37(49)50)39(5,6)30(40)15-18-42(31,41)9/h10-12,21,26,28,30-33,44,47H,13-20,22-25H2,1-9H3,(H,49,50)/t28-,30+,31-,32+,33+,40+,41-,42-,43+/m1/s1. The monoisotopic (exact) mass is 704 g/mol. The normalized spacial score (nSPS) is 38.0. The first kappa shape index (κ1) is 38.2. The molecule has 6 rings (SSSR count). The molecule has 0 unspecified atom stereocenters. The number of ether oxygens (including phenoxy) is 1. The Kier molecular flexibility index (Phi) is 9.78. The topological polar surface area (TPSA) is 126 Å². The van der Waals surface area contributed by atoms with Gasteiger partial charge in [0.25, 0.3) is 0 Å². The van der Waals surface area contributed by atoms with Gasteiger partial charge in [0, 0.05) is 36.5 Å². The first-order valence-electron chi connectivity index (χ1n) is 19.7. The number of carboxylic acids is 1. The first-order valence-corrected chi connectivity index (χ1v) is 19.7. The maximum atomic E-state index is 14.0. The molecule has 4 saturated carbocycles. The lowest BCUT2D eigenvalue weighted by molar-refractivity contribution is -0.235. The highest BCUT2D eigenvalue weighted by Gasteiger charge is 2.70. The van der Waals surface area contributed by atoms with E-state index in [1.807, 2.05) is 18.2 Å². The third-order valence-electron chi connectivity index (χ3n) is 15.9. The summed E-state index contributed by atoms with van der Waals surface area (Å²) in [7, 11) is 0. The highest BCUT2D eigenvalue weighted by Crippen LogP contribution is 2.77. The van der Waals surface area contributed by atoms with Gasteiger partial charge in [0.15, 0.2) is 5.78 Å². The van der Waals surface area contributed by atoms with Gasteiger partial charge in [0.2, 0.25) is 0 Å². The molecule has 282 valence electrons. The number of carboxylic acid groups (broad SMARTS) is 1. The SMILES string of the molecule is CC(C)C1=C2[C@H]3CC[C@@H]4[C@@]5(C)CC[C@H](OC(=O)CC(C)(C)C(=O)O)C(C)(C)[C@@H]5CC[C@@]4(C)[C@]3(C)CC[C@@]2([C@@H](O)CNCc2ccccn2)CC1=O. The zero-order chi connectivity index (χ0) is 37.4. The molecule has 1 heterocycles. The number of nitrogens with one attached hydrogen (secondary N) is 1. The number of aliphatic hydroxyl groups is 1. The Morgan fingerprint density at radius 1 is 0.980 bits per heavy atom. The number of pyridine rings is 1. The van der Waals surface area contributed by atoms with Crippen LogP contribution in [0.25, 0.3) is 0 Å². The van der Waals surface area contributed by atoms with Gasteiger partial charge in [-0.2, -0.15) is 0 Å². The van der Waals surface area contributed by atoms with Crippen molar-refractivity contribution < 1.29 is 29.3 Å². The predicted molar refractivity (Wildman–Crippen MR) is 197 cm³/mol. The quantitative estimate of drug-likeness (QED) is 0.210. The van der Waals surface area contributed by atoms with Gasteiger partial charge in [-0.3, -0.25) is 19.4 Å². The Balaban J connectivity index is 1.26. The molecule has 1 aromatic heterocycles. The molecule has 0 saturated heterocycles. The summed E-state index contributed by atoms with van der Waals surface area (Å²) in [5, 5.41) is 25.2. The lowest BCUT2D eigenvalue weighted by atomic mass is 9.33. The van der Waals surface area contributed by atoms with Gasteiger partial charge < -0.3 is 20.3 Å². The van der Waals surface area contributed by atoms with E-state index in [1.54, 1.807) is 20.0 Å². The van der Waals surface area contributed by atoms with Crippen molar-refractivity contribution >= 4 is 17.7 Å². The van der Waals surface area contributed by atoms with Crippen LogP contribution in [0.5, 0.6) is 0 Å². The van der Waals surface area contributed by atoms with E-state index in [9.17, 15) is 24.6 Å². The van der Waals surface area contributed by atoms with Gasteiger partial charge >= 0.3 is 11.9 Å². The molecule has 8 heteroatoms. The van der Waals surface area contributed by atoms with Crippen LogP contribution in [0.1, 0.15) is 132 Å². The van der Waals surface area contributed by atoms with E-state index >= 15 is 0 Å². The fourth-order valence-electron chi connectivity index (χ4n) is 12.9. The number of aliphatic hydroxyl groups excluding tert-OH is 1. The molecule has 8 nitrogen and oxygen atoms in total. The molecule has 0 spiro atoms. The molecular weight excluding hydrogens is 640 g/mol. The van der Waals surface area contributed by atoms with Crippen molar-refractivity contribution in [3.63, 3.8) is 0 Å². The largest absolute Gasteiger partial charge is 0.481 e. The highest BCUT2D eigenvalue weighted by molar-refractivity contribution is 6.00. The Labute approximate surface area is 306 Å². The number of aliphatic carboxylic acids is 1. The number of nitrogens with zero attached hydrogens (tertiary/aromatic N) is 1. The minimum absolute atomic E-state index is 0.00946. The van der Waals surface area contributed by atoms with E-state index in [4.69, 9.17) is 4.74 Å². The van der Waals surface area contributed by atoms with Crippen LogP contribution in [0.2, 0.25) is 0 Å². The van der Waals surface area contributed by atoms with E-state index in [1.165, 1.54) is 5.57 Å². The van der Waals surface area contributed by atoms with E-state index < -0.39 is 28.9 Å². The van der Waals surface area contributed by atoms with Crippen LogP contribution in [0, 0.1) is 56.2 Å². The number of Topliss-reactive ketones (excluding diaryl/α,β-unsaturated/α-hetero) is 1. The summed E-state index contributed by atoms with van der Waals surface area (Å²) in [6.45, 7) is 20.6. The number of hydrogen-bond donors (Lipinski definition) is 3. The summed E-state index contributed by atoms with van der Waals surface area (Å²) in [5.74, 6) is 0.0552. The first-order chi connectivity index (χ1) is 23.7. The van der Waals surface area contributed by atoms with E-state index in [-0.39, 0.29) is 51.8 Å². The molecule has 9 atom stereocenters. The number of esters is 1. The minimum atomic E-state index is -1.16. The maximum Gasteiger partial charge on any atom is 0.309 e. The van der Waals surface area contributed by atoms with Crippen LogP contribution in [0.15, 0.2) is 35.5 Å². The fourth-order valence-corrected chi connectivity index (χ4v) is 12.9. The number of allylic oxidation sites excluding steroid dienone is 1. The molecular formula is C43H64N2O6. The summed E-state index contributed by atoms with van der Waals surface area (Å²) in [6.07, 6.45) is 8.99. The van der Waals surface area contributed by atoms with Crippen LogP contribution < -0.4 is 5.32 Å². The second kappa shape index (κ2) is 13.1. The molecule has 5 aliphatic carbocycles. The molecule has 0 aromatic carbocycles. The van der Waals surface area contributed by atoms with Gasteiger partial charge in [-0.1, -0.05) is 60.1 Å². The van der Waals surface area contributed by atoms with Gasteiger partial charge in [-0.25, -0.2) is 0 Å². The molecule has 4 fully saturated rings. The average molecular weight is 705 g/mol. The lowest BCUT2D eigenvalue weighted by Gasteiger charge is -2.72. The number of rotatable bonds is 10. The second-order valence-electron chi connectivity index (χ2n) is 19.5. The Hall–Kier alpha value is -2.58. The Morgan fingerprint density at radius 2 is 1.71 bits per heavy atom. The van der Waals surface area contributed by atoms with Crippen LogP contribution in [-0.4, -0.2) is 51.7 Å². The van der Waals surface area contributed by atoms with Gasteiger partial charge in [0.1, 0.15) is 6.10 Å². The van der Waals surface area contributed by atoms with Crippen LogP contribution in [-0.2, 0) is 25.7 Å². The number of ketones is 1. The Morgan fingerprint density at radius 3 is 2.35 bits per heavy atom. The average Bonchev–Trinajstić information content (AvgIpc) is 3.36. The summed E-state index contributed by atoms with van der Waals surface area (Å²) < 4.78 is 6.16. The summed E-state index contributed by atoms with van der Waals surface area (Å²) in [4.78, 5) is 43.2. The Bertz CT molecular complexity index is 1570. The highest BCUT2D eigenvalue weighted by atomic mass is 16.5. The van der Waals surface area contributed by atoms with Gasteiger partial charge in [-0.05, 0) is 123 Å². The minimum Gasteiger partial charge on any atom is -0.481 e. The van der Waals surface area contributed by atoms with Crippen molar-refractivity contribution in [2.45, 2.75) is 145 Å². The number of carbonyl (C=O) groups excluding carboxylic acids is 2. The van der Waals surface area contributed by atoms with Gasteiger partial charge in [-0.15, -0.1) is 0 Å². The molecule has 3 N–H and O–H groups in total. The van der Waals surface area contributed by atoms with E-state index in [0.29, 0.717) is 31.3 Å². The second-order valence-corrected chi connectivity index (χ2v) is 19.5. The number of carbonyl (C=O) groups is 3. The number of aromatic nitrogens is 1. The van der Waals surface area contributed by atoms with Crippen molar-refractivity contribution in [1.29, 1.82) is 0 Å². The van der Waals surface area contributed by atoms with Crippen molar-refractivity contribution in [3.05, 3.63) is 41.2 Å². The zero-order valence-electron chi connectivity index (χ0n) is 32.7. The molecule has 1 aromatic rings. The molecule has 5 aliphatic rings.